The fourth-order valence-corrected chi connectivity index (χ4v) is 3.91. The van der Waals surface area contributed by atoms with Crippen molar-refractivity contribution in [2.24, 2.45) is 5.41 Å². The lowest BCUT2D eigenvalue weighted by molar-refractivity contribution is -0.128. The number of carbonyl (C=O) groups is 1. The molecular weight excluding hydrogens is 260 g/mol. The third kappa shape index (κ3) is 3.48. The van der Waals surface area contributed by atoms with Crippen molar-refractivity contribution < 1.29 is 9.53 Å². The third-order valence-corrected chi connectivity index (χ3v) is 4.96. The average Bonchev–Trinajstić information content (AvgIpc) is 2.38. The molecule has 0 aromatic rings. The van der Waals surface area contributed by atoms with Crippen LogP contribution in [0.15, 0.2) is 23.8 Å². The Bertz CT molecular complexity index is 453. The van der Waals surface area contributed by atoms with Gasteiger partial charge < -0.3 is 4.74 Å². The Morgan fingerprint density at radius 3 is 2.71 bits per heavy atom. The molecule has 2 rings (SSSR count). The zero-order valence-corrected chi connectivity index (χ0v) is 14.1. The molecule has 2 aliphatic rings. The SMILES string of the molecule is C=CCCC1=C2CCCC(OC(C)(C)C)C2(C)CCC1=O. The van der Waals surface area contributed by atoms with E-state index in [4.69, 9.17) is 4.74 Å². The first kappa shape index (κ1) is 16.5. The molecule has 0 N–H and O–H groups in total. The van der Waals surface area contributed by atoms with Crippen LogP contribution < -0.4 is 0 Å². The van der Waals surface area contributed by atoms with Crippen molar-refractivity contribution in [3.8, 4) is 0 Å². The van der Waals surface area contributed by atoms with E-state index in [1.807, 2.05) is 6.08 Å². The summed E-state index contributed by atoms with van der Waals surface area (Å²) in [5.41, 5.74) is 2.40. The van der Waals surface area contributed by atoms with Gasteiger partial charge >= 0.3 is 0 Å². The Morgan fingerprint density at radius 1 is 1.38 bits per heavy atom. The number of ketones is 1. The molecule has 0 bridgehead atoms. The molecule has 0 radical (unpaired) electrons. The zero-order chi connectivity index (χ0) is 15.7. The molecule has 2 unspecified atom stereocenters. The summed E-state index contributed by atoms with van der Waals surface area (Å²) in [4.78, 5) is 12.4. The summed E-state index contributed by atoms with van der Waals surface area (Å²) in [5, 5.41) is 0. The van der Waals surface area contributed by atoms with Crippen molar-refractivity contribution in [3.05, 3.63) is 23.8 Å². The second-order valence-electron chi connectivity index (χ2n) is 7.74. The van der Waals surface area contributed by atoms with E-state index in [-0.39, 0.29) is 17.1 Å². The first-order valence-electron chi connectivity index (χ1n) is 8.32. The Hall–Kier alpha value is -0.890. The third-order valence-electron chi connectivity index (χ3n) is 4.96. The molecule has 0 aromatic heterocycles. The molecule has 2 nitrogen and oxygen atoms in total. The van der Waals surface area contributed by atoms with Gasteiger partial charge in [-0.15, -0.1) is 6.58 Å². The minimum absolute atomic E-state index is 0.0515. The number of hydrogen-bond donors (Lipinski definition) is 0. The van der Waals surface area contributed by atoms with E-state index in [0.29, 0.717) is 12.2 Å². The molecular formula is C19H30O2. The molecule has 2 aliphatic carbocycles. The van der Waals surface area contributed by atoms with Gasteiger partial charge in [0.05, 0.1) is 11.7 Å². The molecule has 2 heteroatoms. The molecule has 0 heterocycles. The van der Waals surface area contributed by atoms with Crippen molar-refractivity contribution in [2.75, 3.05) is 0 Å². The smallest absolute Gasteiger partial charge is 0.158 e. The number of hydrogen-bond acceptors (Lipinski definition) is 2. The Labute approximate surface area is 129 Å². The quantitative estimate of drug-likeness (QED) is 0.682. The summed E-state index contributed by atoms with van der Waals surface area (Å²) in [5.74, 6) is 0.362. The zero-order valence-electron chi connectivity index (χ0n) is 14.1. The number of allylic oxidation sites excluding steroid dienone is 2. The van der Waals surface area contributed by atoms with Crippen LogP contribution in [0.1, 0.15) is 72.6 Å². The second kappa shape index (κ2) is 6.08. The maximum Gasteiger partial charge on any atom is 0.158 e. The van der Waals surface area contributed by atoms with Crippen LogP contribution in [0.4, 0.5) is 0 Å². The summed E-state index contributed by atoms with van der Waals surface area (Å²) in [6.07, 6.45) is 8.85. The number of carbonyl (C=O) groups excluding carboxylic acids is 1. The molecule has 21 heavy (non-hydrogen) atoms. The van der Waals surface area contributed by atoms with Gasteiger partial charge in [-0.25, -0.2) is 0 Å². The molecule has 0 amide bonds. The summed E-state index contributed by atoms with van der Waals surface area (Å²) >= 11 is 0. The Morgan fingerprint density at radius 2 is 2.10 bits per heavy atom. The predicted octanol–water partition coefficient (Wildman–Crippen LogP) is 4.99. The lowest BCUT2D eigenvalue weighted by atomic mass is 9.61. The van der Waals surface area contributed by atoms with Crippen LogP contribution in [0.5, 0.6) is 0 Å². The van der Waals surface area contributed by atoms with Gasteiger partial charge in [0.15, 0.2) is 5.78 Å². The molecule has 1 fully saturated rings. The molecule has 0 aromatic carbocycles. The van der Waals surface area contributed by atoms with E-state index < -0.39 is 0 Å². The first-order chi connectivity index (χ1) is 9.78. The second-order valence-corrected chi connectivity index (χ2v) is 7.74. The summed E-state index contributed by atoms with van der Waals surface area (Å²) in [6, 6.07) is 0. The van der Waals surface area contributed by atoms with Crippen LogP contribution in [0.3, 0.4) is 0 Å². The maximum absolute atomic E-state index is 12.4. The van der Waals surface area contributed by atoms with Crippen molar-refractivity contribution in [1.29, 1.82) is 0 Å². The lowest BCUT2D eigenvalue weighted by Gasteiger charge is -2.48. The molecule has 2 atom stereocenters. The average molecular weight is 290 g/mol. The highest BCUT2D eigenvalue weighted by molar-refractivity contribution is 5.97. The monoisotopic (exact) mass is 290 g/mol. The van der Waals surface area contributed by atoms with E-state index in [9.17, 15) is 4.79 Å². The van der Waals surface area contributed by atoms with Gasteiger partial charge in [0.25, 0.3) is 0 Å². The predicted molar refractivity (Wildman–Crippen MR) is 87.3 cm³/mol. The number of ether oxygens (including phenoxy) is 1. The first-order valence-corrected chi connectivity index (χ1v) is 8.32. The molecule has 0 spiro atoms. The van der Waals surface area contributed by atoms with Crippen molar-refractivity contribution >= 4 is 5.78 Å². The Balaban J connectivity index is 2.34. The van der Waals surface area contributed by atoms with E-state index in [1.165, 1.54) is 5.57 Å². The van der Waals surface area contributed by atoms with Crippen LogP contribution in [0.25, 0.3) is 0 Å². The topological polar surface area (TPSA) is 26.3 Å². The van der Waals surface area contributed by atoms with Crippen LogP contribution in [-0.4, -0.2) is 17.5 Å². The van der Waals surface area contributed by atoms with E-state index >= 15 is 0 Å². The van der Waals surface area contributed by atoms with Crippen LogP contribution >= 0.6 is 0 Å². The van der Waals surface area contributed by atoms with Gasteiger partial charge in [-0.3, -0.25) is 4.79 Å². The number of fused-ring (bicyclic) bond motifs is 1. The van der Waals surface area contributed by atoms with Crippen molar-refractivity contribution in [1.82, 2.24) is 0 Å². The minimum atomic E-state index is -0.126. The molecule has 1 saturated carbocycles. The van der Waals surface area contributed by atoms with Gasteiger partial charge in [-0.1, -0.05) is 18.6 Å². The fourth-order valence-electron chi connectivity index (χ4n) is 3.91. The van der Waals surface area contributed by atoms with Gasteiger partial charge in [0.1, 0.15) is 0 Å². The molecule has 0 saturated heterocycles. The lowest BCUT2D eigenvalue weighted by Crippen LogP contribution is -2.46. The summed E-state index contributed by atoms with van der Waals surface area (Å²) < 4.78 is 6.37. The maximum atomic E-state index is 12.4. The fraction of sp³-hybridized carbons (Fsp3) is 0.737. The van der Waals surface area contributed by atoms with E-state index in [0.717, 1.165) is 44.1 Å². The summed E-state index contributed by atoms with van der Waals surface area (Å²) in [6.45, 7) is 12.5. The molecule has 118 valence electrons. The number of rotatable bonds is 4. The van der Waals surface area contributed by atoms with Crippen LogP contribution in [0, 0.1) is 5.41 Å². The number of Topliss-reactive ketones (excluding diaryl/α,β-unsaturated/α-hetero) is 1. The summed E-state index contributed by atoms with van der Waals surface area (Å²) in [7, 11) is 0. The highest BCUT2D eigenvalue weighted by atomic mass is 16.5. The van der Waals surface area contributed by atoms with Gasteiger partial charge in [0, 0.05) is 11.8 Å². The van der Waals surface area contributed by atoms with Gasteiger partial charge in [-0.2, -0.15) is 0 Å². The van der Waals surface area contributed by atoms with E-state index in [2.05, 4.69) is 34.3 Å². The standard InChI is InChI=1S/C19H30O2/c1-6-7-9-14-15-10-8-11-17(21-18(2,3)4)19(15,5)13-12-16(14)20/h6,17H,1,7-13H2,2-5H3. The highest BCUT2D eigenvalue weighted by Gasteiger charge is 2.46. The van der Waals surface area contributed by atoms with E-state index in [1.54, 1.807) is 0 Å². The molecule has 0 aliphatic heterocycles. The minimum Gasteiger partial charge on any atom is -0.372 e. The normalized spacial score (nSPS) is 30.3. The van der Waals surface area contributed by atoms with Crippen LogP contribution in [-0.2, 0) is 9.53 Å². The Kier molecular flexibility index (Phi) is 4.77. The van der Waals surface area contributed by atoms with Gasteiger partial charge in [-0.05, 0) is 64.9 Å². The van der Waals surface area contributed by atoms with Crippen molar-refractivity contribution in [2.45, 2.75) is 84.3 Å². The highest BCUT2D eigenvalue weighted by Crippen LogP contribution is 2.51. The van der Waals surface area contributed by atoms with Gasteiger partial charge in [0.2, 0.25) is 0 Å². The van der Waals surface area contributed by atoms with Crippen molar-refractivity contribution in [3.63, 3.8) is 0 Å². The van der Waals surface area contributed by atoms with Crippen LogP contribution in [0.2, 0.25) is 0 Å². The largest absolute Gasteiger partial charge is 0.372 e.